The number of rotatable bonds is 6. The number of benzene rings is 1. The van der Waals surface area contributed by atoms with Crippen LogP contribution in [0.5, 0.6) is 0 Å². The van der Waals surface area contributed by atoms with Gasteiger partial charge in [-0.2, -0.15) is 0 Å². The number of nitrogens with zero attached hydrogens (tertiary/aromatic N) is 2. The fourth-order valence-electron chi connectivity index (χ4n) is 9.64. The van der Waals surface area contributed by atoms with Crippen LogP contribution < -0.4 is 15.1 Å². The Bertz CT molecular complexity index is 1060. The minimum absolute atomic E-state index is 0.127. The van der Waals surface area contributed by atoms with Crippen molar-refractivity contribution in [1.82, 2.24) is 0 Å². The highest BCUT2D eigenvalue weighted by molar-refractivity contribution is 5.77. The van der Waals surface area contributed by atoms with Crippen LogP contribution in [0, 0.1) is 29.6 Å². The Morgan fingerprint density at radius 1 is 1.11 bits per heavy atom. The number of para-hydroxylation sites is 1. The minimum Gasteiger partial charge on any atom is -0.550 e. The number of anilines is 1. The van der Waals surface area contributed by atoms with Gasteiger partial charge in [0.15, 0.2) is 6.23 Å². The predicted molar refractivity (Wildman–Crippen MR) is 134 cm³/mol. The quantitative estimate of drug-likeness (QED) is 0.522. The standard InChI is InChI=1S/C23H33N2O2.C6H10O4/c1-4-10-25-17-11-14(13(5-2)22(25)27)19-18(25)12-23(21(19)26)15-8-6-7-9-16(15)24(3)20(17)23;1-3(5(7)8)4(2)6(9)10/h6-9,13-14,17-22,26-27H,4-5,10-12H2,1-3H3;3-4H,1-2H3,(H,7,8)(H,9,10)/q+1;/p-2/t13-,14?,17-,18-,19?,20-,21?,22+,23+,25?;3-,4-/m01/s1. The molecule has 5 heterocycles. The van der Waals surface area contributed by atoms with Crippen molar-refractivity contribution < 1.29 is 34.5 Å². The molecule has 7 rings (SSSR count). The van der Waals surface area contributed by atoms with E-state index in [9.17, 15) is 30.0 Å². The highest BCUT2D eigenvalue weighted by Gasteiger charge is 2.82. The smallest absolute Gasteiger partial charge is 0.194 e. The van der Waals surface area contributed by atoms with Gasteiger partial charge in [0.25, 0.3) is 0 Å². The molecule has 0 aromatic heterocycles. The second kappa shape index (κ2) is 8.95. The Balaban J connectivity index is 0.000000241. The fraction of sp³-hybridized carbons (Fsp3) is 0.724. The topological polar surface area (TPSA) is 124 Å². The molecule has 12 atom stereocenters. The van der Waals surface area contributed by atoms with Crippen molar-refractivity contribution in [2.45, 2.75) is 89.3 Å². The van der Waals surface area contributed by atoms with Crippen LogP contribution in [-0.4, -0.2) is 70.7 Å². The summed E-state index contributed by atoms with van der Waals surface area (Å²) in [6.07, 6.45) is 3.84. The molecule has 204 valence electrons. The van der Waals surface area contributed by atoms with E-state index in [2.05, 4.69) is 50.1 Å². The molecule has 1 aliphatic carbocycles. The van der Waals surface area contributed by atoms with Gasteiger partial charge in [0.2, 0.25) is 0 Å². The molecule has 37 heavy (non-hydrogen) atoms. The van der Waals surface area contributed by atoms with Gasteiger partial charge in [-0.25, -0.2) is 0 Å². The Kier molecular flexibility index (Phi) is 6.40. The number of aliphatic hydroxyl groups is 2. The van der Waals surface area contributed by atoms with Crippen LogP contribution in [-0.2, 0) is 15.0 Å². The van der Waals surface area contributed by atoms with Gasteiger partial charge in [0, 0.05) is 61.2 Å². The minimum atomic E-state index is -1.36. The first-order valence-corrected chi connectivity index (χ1v) is 14.0. The summed E-state index contributed by atoms with van der Waals surface area (Å²) in [5.41, 5.74) is 2.56. The molecule has 0 amide bonds. The third kappa shape index (κ3) is 3.18. The first kappa shape index (κ1) is 26.4. The van der Waals surface area contributed by atoms with Crippen LogP contribution in [0.1, 0.15) is 58.9 Å². The molecule has 8 nitrogen and oxygen atoms in total. The maximum Gasteiger partial charge on any atom is 0.194 e. The summed E-state index contributed by atoms with van der Waals surface area (Å²) in [5, 5.41) is 43.6. The van der Waals surface area contributed by atoms with Crippen molar-refractivity contribution >= 4 is 17.6 Å². The van der Waals surface area contributed by atoms with E-state index >= 15 is 0 Å². The van der Waals surface area contributed by atoms with Gasteiger partial charge in [0.05, 0.1) is 30.1 Å². The summed E-state index contributed by atoms with van der Waals surface area (Å²) in [7, 11) is 2.23. The molecule has 5 aliphatic heterocycles. The van der Waals surface area contributed by atoms with Crippen molar-refractivity contribution in [2.75, 3.05) is 18.5 Å². The summed E-state index contributed by atoms with van der Waals surface area (Å²) in [5.74, 6) is -3.54. The van der Waals surface area contributed by atoms with Gasteiger partial charge < -0.3 is 34.9 Å². The zero-order valence-corrected chi connectivity index (χ0v) is 22.5. The molecule has 4 unspecified atom stereocenters. The van der Waals surface area contributed by atoms with E-state index in [0.29, 0.717) is 35.9 Å². The predicted octanol–water partition coefficient (Wildman–Crippen LogP) is 0.238. The van der Waals surface area contributed by atoms with Gasteiger partial charge >= 0.3 is 0 Å². The largest absolute Gasteiger partial charge is 0.550 e. The lowest BCUT2D eigenvalue weighted by Gasteiger charge is -2.68. The number of aliphatic hydroxyl groups excluding tert-OH is 2. The zero-order valence-electron chi connectivity index (χ0n) is 22.5. The lowest BCUT2D eigenvalue weighted by atomic mass is 9.60. The van der Waals surface area contributed by atoms with Crippen LogP contribution in [0.2, 0.25) is 0 Å². The Hall–Kier alpha value is -2.16. The Labute approximate surface area is 219 Å². The highest BCUT2D eigenvalue weighted by atomic mass is 16.4. The molecule has 1 aromatic rings. The first-order chi connectivity index (χ1) is 17.5. The monoisotopic (exact) mass is 513 g/mol. The number of carboxylic acid groups (broad SMARTS) is 2. The van der Waals surface area contributed by atoms with Crippen LogP contribution in [0.25, 0.3) is 0 Å². The van der Waals surface area contributed by atoms with Crippen molar-refractivity contribution in [3.8, 4) is 0 Å². The average Bonchev–Trinajstić information content (AvgIpc) is 3.26. The molecule has 1 aromatic carbocycles. The van der Waals surface area contributed by atoms with E-state index in [1.807, 2.05) is 0 Å². The summed E-state index contributed by atoms with van der Waals surface area (Å²) < 4.78 is 0.873. The molecular weight excluding hydrogens is 472 g/mol. The van der Waals surface area contributed by atoms with E-state index in [1.54, 1.807) is 0 Å². The third-order valence-corrected chi connectivity index (χ3v) is 11.2. The number of quaternary nitrogens is 1. The van der Waals surface area contributed by atoms with Crippen molar-refractivity contribution in [2.24, 2.45) is 29.6 Å². The van der Waals surface area contributed by atoms with Gasteiger partial charge in [-0.05, 0) is 30.4 Å². The van der Waals surface area contributed by atoms with Gasteiger partial charge in [-0.1, -0.05) is 45.9 Å². The molecule has 6 aliphatic rings. The summed E-state index contributed by atoms with van der Waals surface area (Å²) in [6, 6.07) is 9.97. The maximum atomic E-state index is 11.9. The van der Waals surface area contributed by atoms with E-state index in [1.165, 1.54) is 31.5 Å². The number of likely N-dealkylation sites (N-methyl/N-ethyl adjacent to an activating group) is 1. The fourth-order valence-corrected chi connectivity index (χ4v) is 9.64. The zero-order chi connectivity index (χ0) is 27.0. The molecule has 1 spiro atoms. The molecule has 4 saturated heterocycles. The van der Waals surface area contributed by atoms with Crippen molar-refractivity contribution in [3.05, 3.63) is 29.8 Å². The first-order valence-electron chi connectivity index (χ1n) is 14.0. The highest BCUT2D eigenvalue weighted by Crippen LogP contribution is 2.71. The SMILES string of the molecule is CCC[N+]12[C@H](O)[C@@H](CC)C3C[C@H]1[C@@H]1N(C)c4ccccc4[C@]14C[C@H]2C3C4O.C[C@@H](C(=O)[O-])[C@@H](C)C(=O)[O-]. The number of carboxylic acids is 2. The van der Waals surface area contributed by atoms with E-state index in [-0.39, 0.29) is 17.7 Å². The van der Waals surface area contributed by atoms with Gasteiger partial charge in [-0.3, -0.25) is 4.48 Å². The summed E-state index contributed by atoms with van der Waals surface area (Å²) in [4.78, 5) is 22.6. The molecule has 5 fully saturated rings. The second-order valence-corrected chi connectivity index (χ2v) is 12.3. The number of carbonyl (C=O) groups is 2. The van der Waals surface area contributed by atoms with Crippen LogP contribution >= 0.6 is 0 Å². The Morgan fingerprint density at radius 3 is 2.30 bits per heavy atom. The number of piperidine rings is 4. The van der Waals surface area contributed by atoms with Crippen LogP contribution in [0.3, 0.4) is 0 Å². The van der Waals surface area contributed by atoms with E-state index in [4.69, 9.17) is 0 Å². The molecule has 1 saturated carbocycles. The maximum absolute atomic E-state index is 11.9. The van der Waals surface area contributed by atoms with Gasteiger partial charge in [-0.15, -0.1) is 0 Å². The molecule has 2 N–H and O–H groups in total. The molecule has 5 bridgehead atoms. The summed E-state index contributed by atoms with van der Waals surface area (Å²) >= 11 is 0. The lowest BCUT2D eigenvalue weighted by Crippen LogP contribution is -2.83. The van der Waals surface area contributed by atoms with Crippen LogP contribution in [0.4, 0.5) is 5.69 Å². The van der Waals surface area contributed by atoms with Crippen LogP contribution in [0.15, 0.2) is 24.3 Å². The van der Waals surface area contributed by atoms with E-state index < -0.39 is 23.8 Å². The normalized spacial score (nSPS) is 43.5. The number of carbonyl (C=O) groups excluding carboxylic acids is 2. The molecular formula is C29H41N2O6-. The third-order valence-electron chi connectivity index (χ3n) is 11.2. The lowest BCUT2D eigenvalue weighted by molar-refractivity contribution is -1.04. The molecule has 8 heteroatoms. The molecule has 0 radical (unpaired) electrons. The van der Waals surface area contributed by atoms with E-state index in [0.717, 1.165) is 30.3 Å². The number of fused-ring (bicyclic) bond motifs is 2. The number of hydrogen-bond acceptors (Lipinski definition) is 7. The van der Waals surface area contributed by atoms with Gasteiger partial charge in [0.1, 0.15) is 6.04 Å². The summed E-state index contributed by atoms with van der Waals surface area (Å²) in [6.45, 7) is 8.10. The Morgan fingerprint density at radius 2 is 1.73 bits per heavy atom. The average molecular weight is 514 g/mol. The second-order valence-electron chi connectivity index (χ2n) is 12.3. The van der Waals surface area contributed by atoms with Crippen molar-refractivity contribution in [1.29, 1.82) is 0 Å². The van der Waals surface area contributed by atoms with Crippen molar-refractivity contribution in [3.63, 3.8) is 0 Å². The number of hydrogen-bond donors (Lipinski definition) is 2. The number of aliphatic carboxylic acids is 2.